The molecule has 6 rings (SSSR count). The van der Waals surface area contributed by atoms with Crippen LogP contribution < -0.4 is 0 Å². The molecule has 1 fully saturated rings. The van der Waals surface area contributed by atoms with Crippen molar-refractivity contribution in [3.63, 3.8) is 0 Å². The Labute approximate surface area is 202 Å². The van der Waals surface area contributed by atoms with E-state index in [0.29, 0.717) is 23.7 Å². The Bertz CT molecular complexity index is 1300. The van der Waals surface area contributed by atoms with Gasteiger partial charge in [-0.05, 0) is 63.3 Å². The Balaban J connectivity index is 0.000000147. The first-order chi connectivity index (χ1) is 17.2. The second-order valence-corrected chi connectivity index (χ2v) is 8.38. The first-order valence-electron chi connectivity index (χ1n) is 11.5. The number of piperidine rings is 1. The molecule has 1 saturated heterocycles. The highest BCUT2D eigenvalue weighted by Gasteiger charge is 2.22. The maximum atomic E-state index is 10.9. The summed E-state index contributed by atoms with van der Waals surface area (Å²) in [4.78, 5) is 30.0. The average molecular weight is 468 g/mol. The lowest BCUT2D eigenvalue weighted by Crippen LogP contribution is -2.29. The molecule has 35 heavy (non-hydrogen) atoms. The number of aldehydes is 1. The van der Waals surface area contributed by atoms with Gasteiger partial charge in [0.15, 0.2) is 23.6 Å². The monoisotopic (exact) mass is 467 g/mol. The maximum Gasteiger partial charge on any atom is 0.198 e. The molecule has 0 amide bonds. The molecule has 0 spiro atoms. The van der Waals surface area contributed by atoms with Gasteiger partial charge >= 0.3 is 0 Å². The standard InChI is InChI=1S/C13H9N5O.C13H16N2O/c19-9-11-7-12(10-1-3-14-4-2-10)18(17-11)13-8-15-5-6-16-13;1-15-8-6-10(7-9-15)13-14-11-4-2-3-5-12(11)16-13/h1-9H;2-5,10H,6-9H2,1H3. The van der Waals surface area contributed by atoms with Gasteiger partial charge in [0, 0.05) is 36.3 Å². The number of carbonyl (C=O) groups excluding carboxylic acids is 1. The van der Waals surface area contributed by atoms with E-state index in [1.54, 1.807) is 41.7 Å². The summed E-state index contributed by atoms with van der Waals surface area (Å²) in [7, 11) is 2.17. The number of carbonyl (C=O) groups is 1. The maximum absolute atomic E-state index is 10.9. The fourth-order valence-electron chi connectivity index (χ4n) is 4.08. The number of hydrogen-bond donors (Lipinski definition) is 0. The third-order valence-electron chi connectivity index (χ3n) is 5.97. The molecule has 0 bridgehead atoms. The third-order valence-corrected chi connectivity index (χ3v) is 5.97. The van der Waals surface area contributed by atoms with Gasteiger partial charge in [-0.1, -0.05) is 12.1 Å². The van der Waals surface area contributed by atoms with Gasteiger partial charge in [0.05, 0.1) is 11.9 Å². The van der Waals surface area contributed by atoms with E-state index in [0.717, 1.165) is 54.2 Å². The Kier molecular flexibility index (Phi) is 6.67. The number of nitrogens with zero attached hydrogens (tertiary/aromatic N) is 7. The van der Waals surface area contributed by atoms with Gasteiger partial charge < -0.3 is 9.32 Å². The van der Waals surface area contributed by atoms with E-state index in [9.17, 15) is 4.79 Å². The molecule has 0 N–H and O–H groups in total. The topological polar surface area (TPSA) is 103 Å². The molecule has 9 heteroatoms. The molecule has 0 aliphatic carbocycles. The van der Waals surface area contributed by atoms with Crippen LogP contribution in [0.2, 0.25) is 0 Å². The van der Waals surface area contributed by atoms with Crippen molar-refractivity contribution < 1.29 is 9.21 Å². The smallest absolute Gasteiger partial charge is 0.198 e. The van der Waals surface area contributed by atoms with Gasteiger partial charge in [0.1, 0.15) is 11.2 Å². The Hall–Kier alpha value is -4.24. The number of pyridine rings is 1. The Morgan fingerprint density at radius 1 is 1.00 bits per heavy atom. The summed E-state index contributed by atoms with van der Waals surface area (Å²) in [5.74, 6) is 1.99. The Morgan fingerprint density at radius 3 is 2.51 bits per heavy atom. The van der Waals surface area contributed by atoms with Crippen LogP contribution in [-0.2, 0) is 0 Å². The van der Waals surface area contributed by atoms with Gasteiger partial charge in [-0.3, -0.25) is 14.8 Å². The quantitative estimate of drug-likeness (QED) is 0.363. The molecule has 1 aliphatic rings. The van der Waals surface area contributed by atoms with Crippen LogP contribution in [0.3, 0.4) is 0 Å². The largest absolute Gasteiger partial charge is 0.440 e. The lowest BCUT2D eigenvalue weighted by atomic mass is 9.97. The van der Waals surface area contributed by atoms with E-state index in [1.165, 1.54) is 0 Å². The second kappa shape index (κ2) is 10.4. The fraction of sp³-hybridized carbons (Fsp3) is 0.231. The minimum absolute atomic E-state index is 0.345. The van der Waals surface area contributed by atoms with E-state index in [1.807, 2.05) is 36.4 Å². The lowest BCUT2D eigenvalue weighted by Gasteiger charge is -2.26. The molecule has 0 unspecified atom stereocenters. The molecular weight excluding hydrogens is 442 g/mol. The van der Waals surface area contributed by atoms with Gasteiger partial charge in [0.2, 0.25) is 0 Å². The summed E-state index contributed by atoms with van der Waals surface area (Å²) in [5, 5.41) is 4.20. The first kappa shape index (κ1) is 22.5. The second-order valence-electron chi connectivity index (χ2n) is 8.38. The average Bonchev–Trinajstić information content (AvgIpc) is 3.55. The summed E-state index contributed by atoms with van der Waals surface area (Å²) in [6, 6.07) is 13.4. The zero-order valence-corrected chi connectivity index (χ0v) is 19.4. The van der Waals surface area contributed by atoms with Gasteiger partial charge in [0.25, 0.3) is 0 Å². The fourth-order valence-corrected chi connectivity index (χ4v) is 4.08. The molecule has 4 aromatic heterocycles. The lowest BCUT2D eigenvalue weighted by molar-refractivity contribution is 0.111. The highest BCUT2D eigenvalue weighted by Crippen LogP contribution is 2.29. The van der Waals surface area contributed by atoms with Crippen molar-refractivity contribution in [2.24, 2.45) is 0 Å². The van der Waals surface area contributed by atoms with Crippen molar-refractivity contribution in [3.8, 4) is 17.1 Å². The van der Waals surface area contributed by atoms with E-state index < -0.39 is 0 Å². The molecule has 0 saturated carbocycles. The van der Waals surface area contributed by atoms with Crippen molar-refractivity contribution in [1.82, 2.24) is 34.6 Å². The van der Waals surface area contributed by atoms with Gasteiger partial charge in [-0.2, -0.15) is 5.10 Å². The number of para-hydroxylation sites is 2. The number of oxazole rings is 1. The van der Waals surface area contributed by atoms with Gasteiger partial charge in [-0.15, -0.1) is 0 Å². The van der Waals surface area contributed by atoms with Crippen LogP contribution in [0.5, 0.6) is 0 Å². The van der Waals surface area contributed by atoms with E-state index in [4.69, 9.17) is 4.42 Å². The SMILES string of the molecule is CN1CCC(c2nc3ccccc3o2)CC1.O=Cc1cc(-c2ccncc2)n(-c2cnccn2)n1. The highest BCUT2D eigenvalue weighted by atomic mass is 16.3. The molecule has 1 aliphatic heterocycles. The molecule has 0 atom stereocenters. The highest BCUT2D eigenvalue weighted by molar-refractivity contribution is 5.76. The number of likely N-dealkylation sites (tertiary alicyclic amines) is 1. The van der Waals surface area contributed by atoms with Crippen LogP contribution in [0.4, 0.5) is 0 Å². The van der Waals surface area contributed by atoms with Gasteiger partial charge in [-0.25, -0.2) is 14.6 Å². The Morgan fingerprint density at radius 2 is 1.80 bits per heavy atom. The van der Waals surface area contributed by atoms with Crippen LogP contribution in [0, 0.1) is 0 Å². The first-order valence-corrected chi connectivity index (χ1v) is 11.5. The predicted molar refractivity (Wildman–Crippen MR) is 131 cm³/mol. The third kappa shape index (κ3) is 5.15. The zero-order valence-electron chi connectivity index (χ0n) is 19.4. The van der Waals surface area contributed by atoms with Crippen molar-refractivity contribution in [1.29, 1.82) is 0 Å². The normalized spacial score (nSPS) is 14.4. The zero-order chi connectivity index (χ0) is 24.0. The molecule has 176 valence electrons. The van der Waals surface area contributed by atoms with E-state index >= 15 is 0 Å². The van der Waals surface area contributed by atoms with Crippen molar-refractivity contribution in [2.45, 2.75) is 18.8 Å². The van der Waals surface area contributed by atoms with Crippen molar-refractivity contribution in [3.05, 3.63) is 85.0 Å². The van der Waals surface area contributed by atoms with E-state index in [-0.39, 0.29) is 0 Å². The van der Waals surface area contributed by atoms with Crippen molar-refractivity contribution in [2.75, 3.05) is 20.1 Å². The van der Waals surface area contributed by atoms with Crippen LogP contribution in [-0.4, -0.2) is 61.0 Å². The van der Waals surface area contributed by atoms with Crippen LogP contribution in [0.1, 0.15) is 35.1 Å². The summed E-state index contributed by atoms with van der Waals surface area (Å²) >= 11 is 0. The number of rotatable bonds is 4. The van der Waals surface area contributed by atoms with Crippen LogP contribution in [0.25, 0.3) is 28.2 Å². The van der Waals surface area contributed by atoms with Crippen LogP contribution in [0.15, 0.2) is 77.9 Å². The molecule has 0 radical (unpaired) electrons. The molecule has 1 aromatic carbocycles. The number of aromatic nitrogens is 6. The number of hydrogen-bond acceptors (Lipinski definition) is 8. The molecule has 9 nitrogen and oxygen atoms in total. The number of fused-ring (bicyclic) bond motifs is 1. The van der Waals surface area contributed by atoms with Crippen molar-refractivity contribution >= 4 is 17.4 Å². The minimum Gasteiger partial charge on any atom is -0.440 e. The summed E-state index contributed by atoms with van der Waals surface area (Å²) in [5.41, 5.74) is 3.91. The summed E-state index contributed by atoms with van der Waals surface area (Å²) < 4.78 is 7.40. The molecule has 5 aromatic rings. The molecule has 5 heterocycles. The minimum atomic E-state index is 0.345. The van der Waals surface area contributed by atoms with E-state index in [2.05, 4.69) is 37.0 Å². The number of benzene rings is 1. The predicted octanol–water partition coefficient (Wildman–Crippen LogP) is 4.17. The summed E-state index contributed by atoms with van der Waals surface area (Å²) in [6.07, 6.45) is 11.1. The molecular formula is C26H25N7O2. The van der Waals surface area contributed by atoms with Crippen LogP contribution >= 0.6 is 0 Å². The summed E-state index contributed by atoms with van der Waals surface area (Å²) in [6.45, 7) is 2.28.